The number of nitriles is 1. The Morgan fingerprint density at radius 1 is 1.13 bits per heavy atom. The molecule has 0 amide bonds. The van der Waals surface area contributed by atoms with Crippen LogP contribution in [0.15, 0.2) is 42.5 Å². The monoisotopic (exact) mass is 420 g/mol. The Morgan fingerprint density at radius 2 is 1.87 bits per heavy atom. The standard InChI is InChI=1S/C19H16N8O4/c20-8-9-5-6-10(17(28)29)13(7-9)30-16-14(21)15(22)26-19(27-16)31-12-4-2-1-3-11(12)25-18(23)24/h1-7H,21H2,(H,28,29)(H2,22,26,27)(H4,23,24,25). The smallest absolute Gasteiger partial charge is 0.339 e. The molecule has 0 unspecified atom stereocenters. The number of carboxylic acids is 1. The van der Waals surface area contributed by atoms with Crippen LogP contribution in [0.5, 0.6) is 23.4 Å². The van der Waals surface area contributed by atoms with Crippen molar-refractivity contribution in [2.75, 3.05) is 16.8 Å². The molecule has 12 nitrogen and oxygen atoms in total. The van der Waals surface area contributed by atoms with E-state index in [1.54, 1.807) is 24.3 Å². The number of aromatic nitrogens is 2. The number of nitrogens with two attached hydrogens (primary N) is 3. The lowest BCUT2D eigenvalue weighted by molar-refractivity contribution is 0.0694. The van der Waals surface area contributed by atoms with Gasteiger partial charge in [-0.2, -0.15) is 15.2 Å². The van der Waals surface area contributed by atoms with E-state index in [9.17, 15) is 9.90 Å². The average molecular weight is 420 g/mol. The molecule has 31 heavy (non-hydrogen) atoms. The maximum absolute atomic E-state index is 11.5. The predicted molar refractivity (Wildman–Crippen MR) is 111 cm³/mol. The number of para-hydroxylation sites is 2. The fourth-order valence-corrected chi connectivity index (χ4v) is 2.43. The molecule has 2 aromatic carbocycles. The minimum absolute atomic E-state index is 0.152. The van der Waals surface area contributed by atoms with Crippen molar-refractivity contribution in [3.63, 3.8) is 0 Å². The molecule has 0 aliphatic carbocycles. The first kappa shape index (κ1) is 20.7. The second kappa shape index (κ2) is 8.53. The van der Waals surface area contributed by atoms with E-state index < -0.39 is 5.97 Å². The van der Waals surface area contributed by atoms with Gasteiger partial charge in [-0.25, -0.2) is 4.79 Å². The van der Waals surface area contributed by atoms with Gasteiger partial charge in [0.25, 0.3) is 5.88 Å². The zero-order valence-corrected chi connectivity index (χ0v) is 15.8. The summed E-state index contributed by atoms with van der Waals surface area (Å²) in [5.74, 6) is -1.97. The maximum atomic E-state index is 11.5. The van der Waals surface area contributed by atoms with E-state index >= 15 is 0 Å². The first-order valence-corrected chi connectivity index (χ1v) is 8.54. The zero-order valence-electron chi connectivity index (χ0n) is 15.8. The quantitative estimate of drug-likeness (QED) is 0.250. The highest BCUT2D eigenvalue weighted by Gasteiger charge is 2.19. The van der Waals surface area contributed by atoms with E-state index in [1.165, 1.54) is 18.2 Å². The molecular formula is C19H16N8O4. The van der Waals surface area contributed by atoms with Crippen molar-refractivity contribution in [3.05, 3.63) is 53.6 Å². The molecule has 1 aromatic heterocycles. The molecule has 3 aromatic rings. The number of anilines is 3. The first-order chi connectivity index (χ1) is 14.8. The summed E-state index contributed by atoms with van der Waals surface area (Å²) in [5, 5.41) is 28.4. The van der Waals surface area contributed by atoms with Crippen LogP contribution in [0.4, 0.5) is 17.2 Å². The number of rotatable bonds is 6. The lowest BCUT2D eigenvalue weighted by atomic mass is 10.1. The Bertz CT molecular complexity index is 1220. The summed E-state index contributed by atoms with van der Waals surface area (Å²) >= 11 is 0. The van der Waals surface area contributed by atoms with Crippen molar-refractivity contribution in [2.45, 2.75) is 0 Å². The first-order valence-electron chi connectivity index (χ1n) is 8.54. The fraction of sp³-hybridized carbons (Fsp3) is 0. The highest BCUT2D eigenvalue weighted by Crippen LogP contribution is 2.35. The Kier molecular flexibility index (Phi) is 5.69. The van der Waals surface area contributed by atoms with Gasteiger partial charge in [-0.3, -0.25) is 5.41 Å². The van der Waals surface area contributed by atoms with Crippen LogP contribution in [0.25, 0.3) is 0 Å². The maximum Gasteiger partial charge on any atom is 0.339 e. The van der Waals surface area contributed by atoms with Gasteiger partial charge in [-0.05, 0) is 30.3 Å². The van der Waals surface area contributed by atoms with Crippen LogP contribution in [0.3, 0.4) is 0 Å². The van der Waals surface area contributed by atoms with Gasteiger partial charge >= 0.3 is 12.0 Å². The molecule has 9 N–H and O–H groups in total. The normalized spacial score (nSPS) is 10.0. The van der Waals surface area contributed by atoms with Crippen LogP contribution in [-0.2, 0) is 0 Å². The summed E-state index contributed by atoms with van der Waals surface area (Å²) < 4.78 is 11.2. The van der Waals surface area contributed by atoms with E-state index in [2.05, 4.69) is 15.3 Å². The average Bonchev–Trinajstić information content (AvgIpc) is 2.72. The molecule has 0 saturated carbocycles. The SMILES string of the molecule is N#Cc1ccc(C(=O)O)c(Oc2nc(Oc3ccccc3NC(=N)N)nc(N)c2N)c1. The molecule has 1 heterocycles. The van der Waals surface area contributed by atoms with Crippen LogP contribution < -0.4 is 32.0 Å². The number of aromatic carboxylic acids is 1. The van der Waals surface area contributed by atoms with Crippen LogP contribution >= 0.6 is 0 Å². The van der Waals surface area contributed by atoms with Gasteiger partial charge in [0.15, 0.2) is 17.5 Å². The molecule has 3 rings (SSSR count). The predicted octanol–water partition coefficient (Wildman–Crippen LogP) is 2.10. The van der Waals surface area contributed by atoms with Crippen LogP contribution in [0.1, 0.15) is 15.9 Å². The van der Waals surface area contributed by atoms with Crippen molar-refractivity contribution in [1.29, 1.82) is 10.7 Å². The van der Waals surface area contributed by atoms with Crippen LogP contribution in [0, 0.1) is 16.7 Å². The van der Waals surface area contributed by atoms with Gasteiger partial charge in [-0.1, -0.05) is 12.1 Å². The topological polar surface area (TPSA) is 219 Å². The van der Waals surface area contributed by atoms with Gasteiger partial charge in [0.05, 0.1) is 17.3 Å². The Balaban J connectivity index is 2.00. The van der Waals surface area contributed by atoms with Gasteiger partial charge in [0, 0.05) is 0 Å². The van der Waals surface area contributed by atoms with E-state index in [0.29, 0.717) is 5.69 Å². The lowest BCUT2D eigenvalue weighted by Gasteiger charge is -2.14. The molecule has 0 aliphatic rings. The molecule has 0 spiro atoms. The second-order valence-corrected chi connectivity index (χ2v) is 5.98. The number of nitrogens with zero attached hydrogens (tertiary/aromatic N) is 3. The second-order valence-electron chi connectivity index (χ2n) is 5.98. The number of carboxylic acid groups (broad SMARTS) is 1. The molecule has 0 bridgehead atoms. The highest BCUT2D eigenvalue weighted by atomic mass is 16.5. The minimum atomic E-state index is -1.28. The van der Waals surface area contributed by atoms with Crippen LogP contribution in [0.2, 0.25) is 0 Å². The van der Waals surface area contributed by atoms with Crippen molar-refractivity contribution >= 4 is 29.1 Å². The Morgan fingerprint density at radius 3 is 2.55 bits per heavy atom. The summed E-state index contributed by atoms with van der Waals surface area (Å²) in [7, 11) is 0. The molecule has 0 atom stereocenters. The Labute approximate surface area is 175 Å². The Hall–Kier alpha value is -5.05. The molecule has 0 fully saturated rings. The van der Waals surface area contributed by atoms with Gasteiger partial charge < -0.3 is 37.1 Å². The number of guanidine groups is 1. The lowest BCUT2D eigenvalue weighted by Crippen LogP contribution is -2.20. The molecule has 156 valence electrons. The number of hydrogen-bond donors (Lipinski definition) is 6. The fourth-order valence-electron chi connectivity index (χ4n) is 2.43. The summed E-state index contributed by atoms with van der Waals surface area (Å²) in [4.78, 5) is 19.5. The molecule has 0 aliphatic heterocycles. The van der Waals surface area contributed by atoms with Crippen molar-refractivity contribution in [1.82, 2.24) is 9.97 Å². The van der Waals surface area contributed by atoms with E-state index in [4.69, 9.17) is 37.3 Å². The number of nitrogens with one attached hydrogen (secondary N) is 2. The summed E-state index contributed by atoms with van der Waals surface area (Å²) in [5.41, 5.74) is 17.2. The highest BCUT2D eigenvalue weighted by molar-refractivity contribution is 5.92. The molecular weight excluding hydrogens is 404 g/mol. The van der Waals surface area contributed by atoms with Gasteiger partial charge in [-0.15, -0.1) is 0 Å². The number of ether oxygens (including phenoxy) is 2. The van der Waals surface area contributed by atoms with Crippen molar-refractivity contribution in [2.24, 2.45) is 5.73 Å². The third kappa shape index (κ3) is 4.69. The molecule has 12 heteroatoms. The third-order valence-electron chi connectivity index (χ3n) is 3.83. The number of nitrogen functional groups attached to an aromatic ring is 2. The van der Waals surface area contributed by atoms with Gasteiger partial charge in [0.1, 0.15) is 17.0 Å². The number of benzene rings is 2. The minimum Gasteiger partial charge on any atom is -0.478 e. The molecule has 0 saturated heterocycles. The largest absolute Gasteiger partial charge is 0.478 e. The summed E-state index contributed by atoms with van der Waals surface area (Å²) in [6.45, 7) is 0. The van der Waals surface area contributed by atoms with Crippen LogP contribution in [-0.4, -0.2) is 27.0 Å². The summed E-state index contributed by atoms with van der Waals surface area (Å²) in [6, 6.07) is 12.0. The van der Waals surface area contributed by atoms with Crippen molar-refractivity contribution < 1.29 is 19.4 Å². The van der Waals surface area contributed by atoms with E-state index in [0.717, 1.165) is 0 Å². The van der Waals surface area contributed by atoms with E-state index in [1.807, 2.05) is 6.07 Å². The molecule has 0 radical (unpaired) electrons. The van der Waals surface area contributed by atoms with E-state index in [-0.39, 0.29) is 52.0 Å². The summed E-state index contributed by atoms with van der Waals surface area (Å²) in [6.07, 6.45) is 0. The third-order valence-corrected chi connectivity index (χ3v) is 3.83. The number of carbonyl (C=O) groups is 1. The zero-order chi connectivity index (χ0) is 22.5. The van der Waals surface area contributed by atoms with Crippen molar-refractivity contribution in [3.8, 4) is 29.5 Å². The number of hydrogen-bond acceptors (Lipinski definition) is 9. The van der Waals surface area contributed by atoms with Gasteiger partial charge in [0.2, 0.25) is 0 Å².